The van der Waals surface area contributed by atoms with Crippen LogP contribution >= 0.6 is 0 Å². The van der Waals surface area contributed by atoms with E-state index < -0.39 is 0 Å². The van der Waals surface area contributed by atoms with Crippen LogP contribution in [0.1, 0.15) is 37.6 Å². The number of rotatable bonds is 4. The Morgan fingerprint density at radius 2 is 1.44 bits per heavy atom. The highest BCUT2D eigenvalue weighted by Crippen LogP contribution is 2.30. The van der Waals surface area contributed by atoms with E-state index in [0.717, 1.165) is 0 Å². The molecule has 1 aromatic rings. The van der Waals surface area contributed by atoms with Crippen molar-refractivity contribution in [3.05, 3.63) is 23.8 Å². The lowest BCUT2D eigenvalue weighted by molar-refractivity contribution is -0.134. The molecule has 138 valence electrons. The summed E-state index contributed by atoms with van der Waals surface area (Å²) in [6, 6.07) is 5.29. The van der Waals surface area contributed by atoms with Gasteiger partial charge in [0.1, 0.15) is 17.1 Å². The van der Waals surface area contributed by atoms with Gasteiger partial charge in [0.25, 0.3) is 5.91 Å². The molecular formula is C19H28N2O4. The fourth-order valence-corrected chi connectivity index (χ4v) is 2.94. The van der Waals surface area contributed by atoms with Crippen molar-refractivity contribution in [1.82, 2.24) is 9.80 Å². The number of nitrogens with zero attached hydrogens (tertiary/aromatic N) is 2. The van der Waals surface area contributed by atoms with Gasteiger partial charge in [0.05, 0.1) is 14.2 Å². The van der Waals surface area contributed by atoms with Gasteiger partial charge in [0.15, 0.2) is 0 Å². The summed E-state index contributed by atoms with van der Waals surface area (Å²) >= 11 is 0. The Balaban J connectivity index is 2.06. The van der Waals surface area contributed by atoms with Crippen LogP contribution in [-0.4, -0.2) is 62.0 Å². The molecular weight excluding hydrogens is 320 g/mol. The first-order valence-electron chi connectivity index (χ1n) is 8.55. The van der Waals surface area contributed by atoms with E-state index in [1.165, 1.54) is 14.2 Å². The molecule has 25 heavy (non-hydrogen) atoms. The number of carbonyl (C=O) groups excluding carboxylic acids is 2. The number of hydrogen-bond acceptors (Lipinski definition) is 4. The molecule has 0 unspecified atom stereocenters. The zero-order valence-electron chi connectivity index (χ0n) is 15.8. The molecule has 1 heterocycles. The third-order valence-corrected chi connectivity index (χ3v) is 4.24. The lowest BCUT2D eigenvalue weighted by atomic mass is 9.91. The van der Waals surface area contributed by atoms with Crippen LogP contribution in [0.5, 0.6) is 11.5 Å². The third kappa shape index (κ3) is 4.65. The molecule has 0 atom stereocenters. The monoisotopic (exact) mass is 348 g/mol. The standard InChI is InChI=1S/C19H28N2O4/c1-19(2,3)13-16(22)20-9-11-21(12-10-20)18(23)17-14(24-4)7-6-8-15(17)25-5/h6-8H,9-13H2,1-5H3. The Hall–Kier alpha value is -2.24. The van der Waals surface area contributed by atoms with Crippen LogP contribution in [-0.2, 0) is 4.79 Å². The Morgan fingerprint density at radius 3 is 1.88 bits per heavy atom. The quantitative estimate of drug-likeness (QED) is 0.838. The van der Waals surface area contributed by atoms with Crippen molar-refractivity contribution in [3.63, 3.8) is 0 Å². The maximum Gasteiger partial charge on any atom is 0.261 e. The molecule has 1 aliphatic heterocycles. The van der Waals surface area contributed by atoms with Gasteiger partial charge in [0, 0.05) is 32.6 Å². The summed E-state index contributed by atoms with van der Waals surface area (Å²) in [6.45, 7) is 8.29. The molecule has 0 saturated carbocycles. The molecule has 2 rings (SSSR count). The molecule has 0 radical (unpaired) electrons. The molecule has 0 aliphatic carbocycles. The number of carbonyl (C=O) groups is 2. The van der Waals surface area contributed by atoms with E-state index in [1.807, 2.05) is 4.90 Å². The summed E-state index contributed by atoms with van der Waals surface area (Å²) < 4.78 is 10.6. The fourth-order valence-electron chi connectivity index (χ4n) is 2.94. The summed E-state index contributed by atoms with van der Waals surface area (Å²) in [7, 11) is 3.07. The largest absolute Gasteiger partial charge is 0.496 e. The maximum atomic E-state index is 12.9. The average molecular weight is 348 g/mol. The number of methoxy groups -OCH3 is 2. The lowest BCUT2D eigenvalue weighted by Crippen LogP contribution is -2.51. The predicted octanol–water partition coefficient (Wildman–Crippen LogP) is 2.42. The molecule has 1 aromatic carbocycles. The molecule has 0 spiro atoms. The van der Waals surface area contributed by atoms with E-state index in [0.29, 0.717) is 49.7 Å². The van der Waals surface area contributed by atoms with E-state index in [9.17, 15) is 9.59 Å². The fraction of sp³-hybridized carbons (Fsp3) is 0.579. The smallest absolute Gasteiger partial charge is 0.261 e. The van der Waals surface area contributed by atoms with Crippen LogP contribution in [0.15, 0.2) is 18.2 Å². The summed E-state index contributed by atoms with van der Waals surface area (Å²) in [4.78, 5) is 28.9. The summed E-state index contributed by atoms with van der Waals surface area (Å²) in [6.07, 6.45) is 0.515. The SMILES string of the molecule is COc1cccc(OC)c1C(=O)N1CCN(C(=O)CC(C)(C)C)CC1. The van der Waals surface area contributed by atoms with E-state index in [4.69, 9.17) is 9.47 Å². The van der Waals surface area contributed by atoms with Gasteiger partial charge in [-0.15, -0.1) is 0 Å². The van der Waals surface area contributed by atoms with Crippen molar-refractivity contribution >= 4 is 11.8 Å². The van der Waals surface area contributed by atoms with Gasteiger partial charge < -0.3 is 19.3 Å². The molecule has 6 nitrogen and oxygen atoms in total. The van der Waals surface area contributed by atoms with E-state index in [-0.39, 0.29) is 17.2 Å². The summed E-state index contributed by atoms with van der Waals surface area (Å²) in [5, 5.41) is 0. The molecule has 2 amide bonds. The minimum atomic E-state index is -0.128. The zero-order chi connectivity index (χ0) is 18.6. The topological polar surface area (TPSA) is 59.1 Å². The van der Waals surface area contributed by atoms with Crippen LogP contribution in [0.3, 0.4) is 0 Å². The van der Waals surface area contributed by atoms with Gasteiger partial charge in [-0.05, 0) is 17.5 Å². The number of piperazine rings is 1. The van der Waals surface area contributed by atoms with Crippen molar-refractivity contribution in [2.45, 2.75) is 27.2 Å². The number of benzene rings is 1. The second-order valence-corrected chi connectivity index (χ2v) is 7.45. The Kier molecular flexibility index (Phi) is 5.93. The van der Waals surface area contributed by atoms with Crippen LogP contribution in [0.2, 0.25) is 0 Å². The molecule has 0 bridgehead atoms. The minimum Gasteiger partial charge on any atom is -0.496 e. The molecule has 0 aromatic heterocycles. The van der Waals surface area contributed by atoms with Gasteiger partial charge in [-0.2, -0.15) is 0 Å². The van der Waals surface area contributed by atoms with Crippen molar-refractivity contribution in [3.8, 4) is 11.5 Å². The predicted molar refractivity (Wildman–Crippen MR) is 96.1 cm³/mol. The van der Waals surface area contributed by atoms with Crippen molar-refractivity contribution in [2.75, 3.05) is 40.4 Å². The molecule has 6 heteroatoms. The second kappa shape index (κ2) is 7.76. The highest BCUT2D eigenvalue weighted by atomic mass is 16.5. The normalized spacial score (nSPS) is 15.1. The first-order valence-corrected chi connectivity index (χ1v) is 8.55. The van der Waals surface area contributed by atoms with Gasteiger partial charge in [-0.25, -0.2) is 0 Å². The summed E-state index contributed by atoms with van der Waals surface area (Å²) in [5.74, 6) is 1.01. The van der Waals surface area contributed by atoms with Crippen LogP contribution in [0.4, 0.5) is 0 Å². The molecule has 1 aliphatic rings. The second-order valence-electron chi connectivity index (χ2n) is 7.45. The van der Waals surface area contributed by atoms with E-state index in [2.05, 4.69) is 20.8 Å². The van der Waals surface area contributed by atoms with E-state index >= 15 is 0 Å². The Bertz CT molecular complexity index is 607. The zero-order valence-corrected chi connectivity index (χ0v) is 15.8. The Labute approximate surface area is 149 Å². The minimum absolute atomic E-state index is 0.0329. The Morgan fingerprint density at radius 1 is 0.960 bits per heavy atom. The van der Waals surface area contributed by atoms with Crippen LogP contribution < -0.4 is 9.47 Å². The van der Waals surface area contributed by atoms with Crippen molar-refractivity contribution < 1.29 is 19.1 Å². The lowest BCUT2D eigenvalue weighted by Gasteiger charge is -2.36. The van der Waals surface area contributed by atoms with Crippen molar-refractivity contribution in [1.29, 1.82) is 0 Å². The highest BCUT2D eigenvalue weighted by molar-refractivity contribution is 5.99. The molecule has 1 saturated heterocycles. The van der Waals surface area contributed by atoms with Gasteiger partial charge in [-0.1, -0.05) is 26.8 Å². The third-order valence-electron chi connectivity index (χ3n) is 4.24. The van der Waals surface area contributed by atoms with Gasteiger partial charge in [-0.3, -0.25) is 9.59 Å². The number of ether oxygens (including phenoxy) is 2. The molecule has 1 fully saturated rings. The summed E-state index contributed by atoms with van der Waals surface area (Å²) in [5.41, 5.74) is 0.399. The van der Waals surface area contributed by atoms with E-state index in [1.54, 1.807) is 23.1 Å². The van der Waals surface area contributed by atoms with Crippen LogP contribution in [0.25, 0.3) is 0 Å². The first-order chi connectivity index (χ1) is 11.8. The van der Waals surface area contributed by atoms with Crippen molar-refractivity contribution in [2.24, 2.45) is 5.41 Å². The average Bonchev–Trinajstić information content (AvgIpc) is 2.59. The highest BCUT2D eigenvalue weighted by Gasteiger charge is 2.29. The molecule has 0 N–H and O–H groups in total. The number of amides is 2. The first kappa shape index (κ1) is 19.1. The maximum absolute atomic E-state index is 12.9. The van der Waals surface area contributed by atoms with Crippen LogP contribution in [0, 0.1) is 5.41 Å². The number of hydrogen-bond donors (Lipinski definition) is 0. The van der Waals surface area contributed by atoms with Gasteiger partial charge in [0.2, 0.25) is 5.91 Å². The van der Waals surface area contributed by atoms with Gasteiger partial charge >= 0.3 is 0 Å².